The third kappa shape index (κ3) is 2.94. The van der Waals surface area contributed by atoms with E-state index >= 15 is 0 Å². The Kier molecular flexibility index (Phi) is 3.90. The smallest absolute Gasteiger partial charge is 0.207 e. The molecule has 5 heteroatoms. The van der Waals surface area contributed by atoms with Crippen molar-refractivity contribution >= 4 is 18.1 Å². The summed E-state index contributed by atoms with van der Waals surface area (Å²) in [7, 11) is -4.62. The first-order valence-corrected chi connectivity index (χ1v) is 13.4. The molecule has 0 spiro atoms. The highest BCUT2D eigenvalue weighted by Gasteiger charge is 2.66. The van der Waals surface area contributed by atoms with Crippen LogP contribution in [0.2, 0.25) is 19.6 Å². The summed E-state index contributed by atoms with van der Waals surface area (Å²) in [6.07, 6.45) is 2.35. The summed E-state index contributed by atoms with van der Waals surface area (Å²) in [4.78, 5) is 0.418. The topological polar surface area (TPSA) is 37.4 Å². The number of hydrogen-bond acceptors (Lipinski definition) is 2. The number of piperidine rings is 1. The van der Waals surface area contributed by atoms with E-state index in [0.717, 1.165) is 5.56 Å². The molecular formula is C18H27NO2SSi. The van der Waals surface area contributed by atoms with Crippen LogP contribution < -0.4 is 0 Å². The first kappa shape index (κ1) is 16.9. The van der Waals surface area contributed by atoms with Crippen molar-refractivity contribution < 1.29 is 8.42 Å². The number of rotatable bonds is 4. The Labute approximate surface area is 141 Å². The molecule has 3 atom stereocenters. The summed E-state index contributed by atoms with van der Waals surface area (Å²) in [5.41, 5.74) is 3.54. The van der Waals surface area contributed by atoms with E-state index in [9.17, 15) is 8.42 Å². The van der Waals surface area contributed by atoms with Gasteiger partial charge in [0.2, 0.25) is 10.0 Å². The first-order valence-electron chi connectivity index (χ1n) is 8.33. The maximum atomic E-state index is 12.9. The summed E-state index contributed by atoms with van der Waals surface area (Å²) in [5, 5.41) is 0. The van der Waals surface area contributed by atoms with E-state index in [4.69, 9.17) is 0 Å². The van der Waals surface area contributed by atoms with E-state index in [0.29, 0.717) is 29.8 Å². The second kappa shape index (κ2) is 5.29. The normalized spacial score (nSPS) is 31.5. The lowest BCUT2D eigenvalue weighted by Gasteiger charge is -2.22. The highest BCUT2D eigenvalue weighted by Crippen LogP contribution is 2.64. The molecule has 2 fully saturated rings. The van der Waals surface area contributed by atoms with Crippen LogP contribution in [0, 0.1) is 24.2 Å². The fraction of sp³-hybridized carbons (Fsp3) is 0.556. The molecule has 1 unspecified atom stereocenters. The van der Waals surface area contributed by atoms with Crippen LogP contribution in [-0.4, -0.2) is 33.9 Å². The van der Waals surface area contributed by atoms with Crippen LogP contribution in [0.1, 0.15) is 12.5 Å². The van der Waals surface area contributed by atoms with E-state index in [1.165, 1.54) is 0 Å². The van der Waals surface area contributed by atoms with Crippen LogP contribution >= 0.6 is 0 Å². The van der Waals surface area contributed by atoms with Gasteiger partial charge in [-0.25, -0.2) is 8.42 Å². The summed E-state index contributed by atoms with van der Waals surface area (Å²) < 4.78 is 27.4. The van der Waals surface area contributed by atoms with Gasteiger partial charge in [-0.3, -0.25) is 0 Å². The maximum absolute atomic E-state index is 12.9. The van der Waals surface area contributed by atoms with E-state index in [2.05, 4.69) is 38.3 Å². The van der Waals surface area contributed by atoms with Crippen LogP contribution in [0.25, 0.3) is 0 Å². The van der Waals surface area contributed by atoms with Crippen molar-refractivity contribution in [1.82, 2.24) is 4.31 Å². The molecule has 0 radical (unpaired) electrons. The highest BCUT2D eigenvalue weighted by atomic mass is 32.2. The van der Waals surface area contributed by atoms with E-state index < -0.39 is 18.1 Å². The minimum absolute atomic E-state index is 0.0814. The van der Waals surface area contributed by atoms with Crippen LogP contribution in [0.4, 0.5) is 0 Å². The lowest BCUT2D eigenvalue weighted by atomic mass is 10.1. The van der Waals surface area contributed by atoms with Gasteiger partial charge in [-0.15, -0.1) is 0 Å². The van der Waals surface area contributed by atoms with Crippen molar-refractivity contribution in [1.29, 1.82) is 0 Å². The van der Waals surface area contributed by atoms with Crippen molar-refractivity contribution in [2.45, 2.75) is 38.4 Å². The number of hydrogen-bond donors (Lipinski definition) is 0. The third-order valence-electron chi connectivity index (χ3n) is 5.44. The number of nitrogens with zero attached hydrogens (tertiary/aromatic N) is 1. The van der Waals surface area contributed by atoms with Gasteiger partial charge in [0, 0.05) is 18.5 Å². The number of benzene rings is 1. The van der Waals surface area contributed by atoms with Gasteiger partial charge in [0.1, 0.15) is 0 Å². The summed E-state index contributed by atoms with van der Waals surface area (Å²) in [6.45, 7) is 12.5. The minimum Gasteiger partial charge on any atom is -0.207 e. The van der Waals surface area contributed by atoms with Crippen LogP contribution in [-0.2, 0) is 10.0 Å². The number of sulfonamides is 1. The predicted molar refractivity (Wildman–Crippen MR) is 97.5 cm³/mol. The summed E-state index contributed by atoms with van der Waals surface area (Å²) in [5.74, 6) is 1.08. The molecule has 126 valence electrons. The fourth-order valence-electron chi connectivity index (χ4n) is 3.71. The van der Waals surface area contributed by atoms with Crippen LogP contribution in [0.3, 0.4) is 0 Å². The Hall–Kier alpha value is -0.913. The average Bonchev–Trinajstić information content (AvgIpc) is 2.83. The second-order valence-corrected chi connectivity index (χ2v) is 15.3. The fourth-order valence-corrected chi connectivity index (χ4v) is 6.05. The van der Waals surface area contributed by atoms with Gasteiger partial charge in [-0.2, -0.15) is 4.31 Å². The van der Waals surface area contributed by atoms with Crippen molar-refractivity contribution in [3.05, 3.63) is 41.6 Å². The molecule has 1 aliphatic heterocycles. The van der Waals surface area contributed by atoms with Crippen LogP contribution in [0.15, 0.2) is 40.9 Å². The lowest BCUT2D eigenvalue weighted by molar-refractivity contribution is 0.398. The van der Waals surface area contributed by atoms with Gasteiger partial charge in [0.15, 0.2) is 0 Å². The van der Waals surface area contributed by atoms with Gasteiger partial charge < -0.3 is 0 Å². The van der Waals surface area contributed by atoms with Gasteiger partial charge in [-0.05, 0) is 30.9 Å². The maximum Gasteiger partial charge on any atom is 0.243 e. The van der Waals surface area contributed by atoms with Gasteiger partial charge in [0.25, 0.3) is 0 Å². The number of aryl methyl sites for hydroxylation is 1. The monoisotopic (exact) mass is 349 g/mol. The zero-order chi connectivity index (χ0) is 17.0. The summed E-state index contributed by atoms with van der Waals surface area (Å²) in [6, 6.07) is 7.19. The Morgan fingerprint density at radius 1 is 1.22 bits per heavy atom. The molecule has 1 aromatic rings. The summed E-state index contributed by atoms with van der Waals surface area (Å²) >= 11 is 0. The van der Waals surface area contributed by atoms with E-state index in [1.54, 1.807) is 16.4 Å². The highest BCUT2D eigenvalue weighted by molar-refractivity contribution is 7.89. The molecule has 0 aromatic heterocycles. The quantitative estimate of drug-likeness (QED) is 0.778. The molecule has 2 aliphatic rings. The SMILES string of the molecule is Cc1ccc(S(=O)(=O)N2CC3[C@H](C)[C@@]3(/C=C\[Si](C)(C)C)C2)cc1. The molecule has 0 bridgehead atoms. The molecule has 1 saturated heterocycles. The first-order chi connectivity index (χ1) is 10.6. The zero-order valence-electron chi connectivity index (χ0n) is 14.7. The average molecular weight is 350 g/mol. The number of fused-ring (bicyclic) bond motifs is 1. The van der Waals surface area contributed by atoms with Crippen molar-refractivity contribution in [3.8, 4) is 0 Å². The van der Waals surface area contributed by atoms with Crippen LogP contribution in [0.5, 0.6) is 0 Å². The van der Waals surface area contributed by atoms with Crippen molar-refractivity contribution in [2.24, 2.45) is 17.3 Å². The Bertz CT molecular complexity index is 733. The third-order valence-corrected chi connectivity index (χ3v) is 8.43. The molecule has 1 saturated carbocycles. The van der Waals surface area contributed by atoms with Crippen molar-refractivity contribution in [2.75, 3.05) is 13.1 Å². The molecular weight excluding hydrogens is 322 g/mol. The molecule has 23 heavy (non-hydrogen) atoms. The Balaban J connectivity index is 1.83. The molecule has 1 aliphatic carbocycles. The Morgan fingerprint density at radius 2 is 1.83 bits per heavy atom. The molecule has 3 nitrogen and oxygen atoms in total. The van der Waals surface area contributed by atoms with Crippen molar-refractivity contribution in [3.63, 3.8) is 0 Å². The lowest BCUT2D eigenvalue weighted by Crippen LogP contribution is -2.33. The largest absolute Gasteiger partial charge is 0.243 e. The second-order valence-electron chi connectivity index (χ2n) is 8.32. The van der Waals surface area contributed by atoms with Gasteiger partial charge in [0.05, 0.1) is 13.0 Å². The van der Waals surface area contributed by atoms with Gasteiger partial charge >= 0.3 is 0 Å². The molecule has 0 N–H and O–H groups in total. The standard InChI is InChI=1S/C18H27NO2SSi/c1-14-6-8-16(9-7-14)22(20,21)19-12-17-15(2)18(17,13-19)10-11-23(3,4)5/h6-11,15,17H,12-13H2,1-5H3/b11-10-/t15-,17?,18+/m0/s1. The Morgan fingerprint density at radius 3 is 2.39 bits per heavy atom. The van der Waals surface area contributed by atoms with E-state index in [-0.39, 0.29) is 5.41 Å². The molecule has 1 aromatic carbocycles. The van der Waals surface area contributed by atoms with E-state index in [1.807, 2.05) is 19.1 Å². The molecule has 3 rings (SSSR count). The molecule has 0 amide bonds. The predicted octanol–water partition coefficient (Wildman–Crippen LogP) is 3.69. The zero-order valence-corrected chi connectivity index (χ0v) is 16.5. The molecule has 1 heterocycles. The van der Waals surface area contributed by atoms with Gasteiger partial charge in [-0.1, -0.05) is 56.0 Å². The minimum atomic E-state index is -3.36.